The molecule has 2 amide bonds. The third kappa shape index (κ3) is 5.27. The molecule has 0 bridgehead atoms. The third-order valence-electron chi connectivity index (χ3n) is 2.84. The average Bonchev–Trinajstić information content (AvgIpc) is 2.43. The molecule has 0 fully saturated rings. The molecule has 0 heterocycles. The molecule has 0 aliphatic heterocycles. The van der Waals surface area contributed by atoms with Crippen molar-refractivity contribution in [3.05, 3.63) is 29.8 Å². The number of carboxylic acids is 1. The number of methoxy groups -OCH3 is 1. The van der Waals surface area contributed by atoms with Gasteiger partial charge in [0.05, 0.1) is 13.0 Å². The molecule has 0 atom stereocenters. The summed E-state index contributed by atoms with van der Waals surface area (Å²) in [5, 5.41) is 11.4. The van der Waals surface area contributed by atoms with Crippen molar-refractivity contribution in [2.45, 2.75) is 12.8 Å². The molecule has 1 aromatic carbocycles. The summed E-state index contributed by atoms with van der Waals surface area (Å²) >= 11 is 0. The van der Waals surface area contributed by atoms with Gasteiger partial charge in [-0.3, -0.25) is 4.79 Å². The van der Waals surface area contributed by atoms with Crippen LogP contribution in [0.25, 0.3) is 0 Å². The Morgan fingerprint density at radius 1 is 1.35 bits per heavy atom. The molecule has 110 valence electrons. The van der Waals surface area contributed by atoms with Crippen LogP contribution in [0.3, 0.4) is 0 Å². The lowest BCUT2D eigenvalue weighted by atomic mass is 10.1. The number of carboxylic acid groups (broad SMARTS) is 1. The zero-order valence-corrected chi connectivity index (χ0v) is 11.8. The molecule has 0 aromatic heterocycles. The molecule has 6 nitrogen and oxygen atoms in total. The minimum Gasteiger partial charge on any atom is -0.481 e. The summed E-state index contributed by atoms with van der Waals surface area (Å²) in [7, 11) is 3.19. The second-order valence-electron chi connectivity index (χ2n) is 4.40. The van der Waals surface area contributed by atoms with Crippen molar-refractivity contribution >= 4 is 17.7 Å². The summed E-state index contributed by atoms with van der Waals surface area (Å²) in [6, 6.07) is 7.15. The minimum atomic E-state index is -0.926. The van der Waals surface area contributed by atoms with Crippen molar-refractivity contribution in [2.24, 2.45) is 0 Å². The van der Waals surface area contributed by atoms with Crippen LogP contribution in [-0.4, -0.2) is 49.3 Å². The molecule has 0 spiro atoms. The number of benzene rings is 1. The van der Waals surface area contributed by atoms with Gasteiger partial charge >= 0.3 is 12.0 Å². The van der Waals surface area contributed by atoms with Crippen LogP contribution in [0.15, 0.2) is 24.3 Å². The number of hydrogen-bond acceptors (Lipinski definition) is 3. The van der Waals surface area contributed by atoms with Crippen LogP contribution in [0.4, 0.5) is 10.5 Å². The van der Waals surface area contributed by atoms with Gasteiger partial charge in [0.1, 0.15) is 0 Å². The standard InChI is InChI=1S/C14H20N2O4/c1-16(9-7-13(17)18)14(19)15-12-6-4-3-5-11(12)8-10-20-2/h3-6H,7-10H2,1-2H3,(H,15,19)(H,17,18). The van der Waals surface area contributed by atoms with Crippen LogP contribution in [0.1, 0.15) is 12.0 Å². The van der Waals surface area contributed by atoms with Gasteiger partial charge in [-0.05, 0) is 18.1 Å². The average molecular weight is 280 g/mol. The zero-order chi connectivity index (χ0) is 15.0. The Labute approximate surface area is 118 Å². The molecule has 0 saturated carbocycles. The molecular formula is C14H20N2O4. The number of urea groups is 1. The van der Waals surface area contributed by atoms with E-state index in [4.69, 9.17) is 9.84 Å². The van der Waals surface area contributed by atoms with Crippen LogP contribution in [0, 0.1) is 0 Å². The Kier molecular flexibility index (Phi) is 6.52. The number of aliphatic carboxylic acids is 1. The van der Waals surface area contributed by atoms with E-state index >= 15 is 0 Å². The van der Waals surface area contributed by atoms with Gasteiger partial charge in [0.25, 0.3) is 0 Å². The van der Waals surface area contributed by atoms with Gasteiger partial charge in [-0.1, -0.05) is 18.2 Å². The third-order valence-corrected chi connectivity index (χ3v) is 2.84. The van der Waals surface area contributed by atoms with Gasteiger partial charge in [-0.2, -0.15) is 0 Å². The van der Waals surface area contributed by atoms with E-state index in [9.17, 15) is 9.59 Å². The van der Waals surface area contributed by atoms with Gasteiger partial charge in [0.15, 0.2) is 0 Å². The monoisotopic (exact) mass is 280 g/mol. The number of nitrogens with zero attached hydrogens (tertiary/aromatic N) is 1. The summed E-state index contributed by atoms with van der Waals surface area (Å²) in [5.41, 5.74) is 1.70. The van der Waals surface area contributed by atoms with Gasteiger partial charge in [-0.15, -0.1) is 0 Å². The second kappa shape index (κ2) is 8.16. The van der Waals surface area contributed by atoms with E-state index in [2.05, 4.69) is 5.32 Å². The predicted molar refractivity (Wildman–Crippen MR) is 75.9 cm³/mol. The fraction of sp³-hybridized carbons (Fsp3) is 0.429. The van der Waals surface area contributed by atoms with Crippen molar-refractivity contribution in [2.75, 3.05) is 32.6 Å². The van der Waals surface area contributed by atoms with E-state index < -0.39 is 5.97 Å². The smallest absolute Gasteiger partial charge is 0.321 e. The van der Waals surface area contributed by atoms with Crippen LogP contribution < -0.4 is 5.32 Å². The lowest BCUT2D eigenvalue weighted by molar-refractivity contribution is -0.137. The topological polar surface area (TPSA) is 78.9 Å². The van der Waals surface area contributed by atoms with Crippen LogP contribution >= 0.6 is 0 Å². The van der Waals surface area contributed by atoms with Crippen molar-refractivity contribution in [1.82, 2.24) is 4.90 Å². The number of carbonyl (C=O) groups excluding carboxylic acids is 1. The number of nitrogens with one attached hydrogen (secondary N) is 1. The lowest BCUT2D eigenvalue weighted by Crippen LogP contribution is -2.33. The first kappa shape index (κ1) is 16.0. The first-order valence-corrected chi connectivity index (χ1v) is 6.35. The molecule has 6 heteroatoms. The number of rotatable bonds is 7. The summed E-state index contributed by atoms with van der Waals surface area (Å²) < 4.78 is 5.03. The Bertz CT molecular complexity index is 462. The molecule has 0 saturated heterocycles. The van der Waals surface area contributed by atoms with E-state index in [1.807, 2.05) is 24.3 Å². The van der Waals surface area contributed by atoms with Crippen molar-refractivity contribution in [3.63, 3.8) is 0 Å². The van der Waals surface area contributed by atoms with E-state index in [1.54, 1.807) is 14.2 Å². The molecular weight excluding hydrogens is 260 g/mol. The molecule has 0 aliphatic rings. The SMILES string of the molecule is COCCc1ccccc1NC(=O)N(C)CCC(=O)O. The summed E-state index contributed by atoms with van der Waals surface area (Å²) in [6.07, 6.45) is 0.626. The van der Waals surface area contributed by atoms with Gasteiger partial charge in [0.2, 0.25) is 0 Å². The molecule has 1 rings (SSSR count). The Hall–Kier alpha value is -2.08. The van der Waals surface area contributed by atoms with E-state index in [1.165, 1.54) is 4.90 Å². The maximum atomic E-state index is 11.9. The summed E-state index contributed by atoms with van der Waals surface area (Å²) in [6.45, 7) is 0.739. The summed E-state index contributed by atoms with van der Waals surface area (Å²) in [4.78, 5) is 23.8. The normalized spacial score (nSPS) is 10.1. The number of ether oxygens (including phenoxy) is 1. The largest absolute Gasteiger partial charge is 0.481 e. The Morgan fingerprint density at radius 3 is 2.70 bits per heavy atom. The molecule has 0 radical (unpaired) electrons. The number of hydrogen-bond donors (Lipinski definition) is 2. The van der Waals surface area contributed by atoms with Gasteiger partial charge in [0, 0.05) is 26.4 Å². The van der Waals surface area contributed by atoms with Gasteiger partial charge < -0.3 is 20.1 Å². The van der Waals surface area contributed by atoms with E-state index in [0.717, 1.165) is 11.3 Å². The van der Waals surface area contributed by atoms with Crippen molar-refractivity contribution in [3.8, 4) is 0 Å². The first-order valence-electron chi connectivity index (χ1n) is 6.35. The number of anilines is 1. The highest BCUT2D eigenvalue weighted by Gasteiger charge is 2.12. The van der Waals surface area contributed by atoms with Crippen LogP contribution in [0.5, 0.6) is 0 Å². The Balaban J connectivity index is 2.62. The fourth-order valence-electron chi connectivity index (χ4n) is 1.65. The van der Waals surface area contributed by atoms with E-state index in [-0.39, 0.29) is 19.0 Å². The highest BCUT2D eigenvalue weighted by atomic mass is 16.5. The molecule has 0 unspecified atom stereocenters. The van der Waals surface area contributed by atoms with Gasteiger partial charge in [-0.25, -0.2) is 4.79 Å². The predicted octanol–water partition coefficient (Wildman–Crippen LogP) is 1.81. The quantitative estimate of drug-likeness (QED) is 0.798. The number of carbonyl (C=O) groups is 2. The number of amides is 2. The lowest BCUT2D eigenvalue weighted by Gasteiger charge is -2.18. The minimum absolute atomic E-state index is 0.0742. The molecule has 1 aromatic rings. The van der Waals surface area contributed by atoms with E-state index in [0.29, 0.717) is 13.0 Å². The first-order chi connectivity index (χ1) is 9.54. The van der Waals surface area contributed by atoms with Crippen molar-refractivity contribution in [1.29, 1.82) is 0 Å². The highest BCUT2D eigenvalue weighted by Crippen LogP contribution is 2.16. The van der Waals surface area contributed by atoms with Crippen LogP contribution in [0.2, 0.25) is 0 Å². The fourth-order valence-corrected chi connectivity index (χ4v) is 1.65. The molecule has 20 heavy (non-hydrogen) atoms. The Morgan fingerprint density at radius 2 is 2.05 bits per heavy atom. The highest BCUT2D eigenvalue weighted by molar-refractivity contribution is 5.90. The van der Waals surface area contributed by atoms with Crippen molar-refractivity contribution < 1.29 is 19.4 Å². The molecule has 0 aliphatic carbocycles. The molecule has 2 N–H and O–H groups in total. The number of para-hydroxylation sites is 1. The maximum absolute atomic E-state index is 11.9. The maximum Gasteiger partial charge on any atom is 0.321 e. The summed E-state index contributed by atoms with van der Waals surface area (Å²) in [5.74, 6) is -0.926. The van der Waals surface area contributed by atoms with Crippen LogP contribution in [-0.2, 0) is 16.0 Å². The second-order valence-corrected chi connectivity index (χ2v) is 4.40. The zero-order valence-electron chi connectivity index (χ0n) is 11.8.